The maximum absolute atomic E-state index is 10.7. The van der Waals surface area contributed by atoms with E-state index in [4.69, 9.17) is 9.84 Å². The fraction of sp³-hybridized carbons (Fsp3) is 0.364. The summed E-state index contributed by atoms with van der Waals surface area (Å²) in [5, 5.41) is 8.92. The van der Waals surface area contributed by atoms with E-state index in [2.05, 4.69) is 0 Å². The van der Waals surface area contributed by atoms with Crippen molar-refractivity contribution in [2.75, 3.05) is 0 Å². The van der Waals surface area contributed by atoms with Crippen molar-refractivity contribution in [2.45, 2.75) is 26.6 Å². The molecule has 1 aromatic rings. The maximum Gasteiger partial charge on any atom is 0.303 e. The first kappa shape index (κ1) is 10.7. The van der Waals surface area contributed by atoms with Crippen LogP contribution in [0.5, 0.6) is 0 Å². The van der Waals surface area contributed by atoms with Crippen LogP contribution in [0.4, 0.5) is 0 Å². The number of benzene rings is 1. The highest BCUT2D eigenvalue weighted by Gasteiger charge is 2.08. The molecule has 0 aliphatic heterocycles. The van der Waals surface area contributed by atoms with Crippen molar-refractivity contribution in [2.24, 2.45) is 0 Å². The minimum Gasteiger partial charge on any atom is -0.458 e. The normalized spacial score (nSPS) is 12.2. The summed E-state index contributed by atoms with van der Waals surface area (Å²) in [5.74, 6) is -0.299. The van der Waals surface area contributed by atoms with Gasteiger partial charge in [-0.2, -0.15) is 0 Å². The molecule has 0 aromatic heterocycles. The number of carbonyl (C=O) groups excluding carboxylic acids is 1. The molecule has 76 valence electrons. The third-order valence-electron chi connectivity index (χ3n) is 1.95. The van der Waals surface area contributed by atoms with Gasteiger partial charge in [-0.3, -0.25) is 4.79 Å². The molecular weight excluding hydrogens is 180 g/mol. The van der Waals surface area contributed by atoms with Crippen molar-refractivity contribution in [1.82, 2.24) is 0 Å². The summed E-state index contributed by atoms with van der Waals surface area (Å²) in [6, 6.07) is 7.35. The average Bonchev–Trinajstić information content (AvgIpc) is 2.17. The van der Waals surface area contributed by atoms with Gasteiger partial charge in [-0.15, -0.1) is 0 Å². The van der Waals surface area contributed by atoms with E-state index in [0.29, 0.717) is 0 Å². The number of esters is 1. The van der Waals surface area contributed by atoms with Gasteiger partial charge in [-0.1, -0.05) is 18.2 Å². The quantitative estimate of drug-likeness (QED) is 0.746. The predicted octanol–water partition coefficient (Wildman–Crippen LogP) is 1.80. The molecule has 1 N–H and O–H groups in total. The van der Waals surface area contributed by atoms with Crippen LogP contribution < -0.4 is 0 Å². The zero-order chi connectivity index (χ0) is 10.6. The number of aliphatic hydroxyl groups is 1. The third kappa shape index (κ3) is 2.85. The number of hydrogen-bond acceptors (Lipinski definition) is 3. The summed E-state index contributed by atoms with van der Waals surface area (Å²) in [5.41, 5.74) is 1.72. The molecule has 0 saturated carbocycles. The van der Waals surface area contributed by atoms with Crippen LogP contribution in [0.15, 0.2) is 24.3 Å². The zero-order valence-electron chi connectivity index (χ0n) is 8.36. The van der Waals surface area contributed by atoms with Crippen molar-refractivity contribution in [3.8, 4) is 0 Å². The van der Waals surface area contributed by atoms with Gasteiger partial charge >= 0.3 is 5.97 Å². The van der Waals surface area contributed by atoms with E-state index in [1.54, 1.807) is 6.92 Å². The number of aliphatic hydroxyl groups excluding tert-OH is 1. The number of hydrogen-bond donors (Lipinski definition) is 1. The summed E-state index contributed by atoms with van der Waals surface area (Å²) >= 11 is 0. The van der Waals surface area contributed by atoms with Crippen molar-refractivity contribution in [1.29, 1.82) is 0 Å². The van der Waals surface area contributed by atoms with Crippen LogP contribution in [0.2, 0.25) is 0 Å². The topological polar surface area (TPSA) is 46.5 Å². The lowest BCUT2D eigenvalue weighted by molar-refractivity contribution is -0.145. The van der Waals surface area contributed by atoms with E-state index < -0.39 is 0 Å². The molecular formula is C11H14O3. The molecule has 1 atom stereocenters. The molecule has 0 fully saturated rings. The van der Waals surface area contributed by atoms with Crippen molar-refractivity contribution in [3.05, 3.63) is 35.4 Å². The summed E-state index contributed by atoms with van der Waals surface area (Å²) in [6.07, 6.45) is -0.265. The van der Waals surface area contributed by atoms with E-state index in [1.807, 2.05) is 24.3 Å². The van der Waals surface area contributed by atoms with E-state index >= 15 is 0 Å². The zero-order valence-corrected chi connectivity index (χ0v) is 8.36. The Kier molecular flexibility index (Phi) is 3.65. The van der Waals surface area contributed by atoms with Gasteiger partial charge in [0.15, 0.2) is 0 Å². The Morgan fingerprint density at radius 3 is 2.86 bits per heavy atom. The molecule has 1 aromatic carbocycles. The smallest absolute Gasteiger partial charge is 0.303 e. The summed E-state index contributed by atoms with van der Waals surface area (Å²) in [4.78, 5) is 10.7. The first-order chi connectivity index (χ1) is 6.63. The average molecular weight is 194 g/mol. The van der Waals surface area contributed by atoms with E-state index in [1.165, 1.54) is 6.92 Å². The largest absolute Gasteiger partial charge is 0.458 e. The van der Waals surface area contributed by atoms with Gasteiger partial charge in [0.2, 0.25) is 0 Å². The molecule has 0 aliphatic carbocycles. The molecule has 0 spiro atoms. The maximum atomic E-state index is 10.7. The van der Waals surface area contributed by atoms with Gasteiger partial charge in [0.25, 0.3) is 0 Å². The summed E-state index contributed by atoms with van der Waals surface area (Å²) in [6.45, 7) is 3.19. The Morgan fingerprint density at radius 1 is 1.57 bits per heavy atom. The first-order valence-electron chi connectivity index (χ1n) is 4.50. The predicted molar refractivity (Wildman–Crippen MR) is 52.5 cm³/mol. The number of rotatable bonds is 3. The van der Waals surface area contributed by atoms with Gasteiger partial charge in [0, 0.05) is 6.92 Å². The standard InChI is InChI=1S/C11H14O3/c1-8(14-9(2)13)11-5-3-4-10(6-11)7-12/h3-6,8,12H,7H2,1-2H3. The molecule has 0 radical (unpaired) electrons. The molecule has 0 heterocycles. The second-order valence-electron chi connectivity index (χ2n) is 3.15. The van der Waals surface area contributed by atoms with Gasteiger partial charge in [0.05, 0.1) is 6.61 Å². The highest BCUT2D eigenvalue weighted by atomic mass is 16.5. The Balaban J connectivity index is 2.78. The minimum atomic E-state index is -0.299. The van der Waals surface area contributed by atoms with Crippen molar-refractivity contribution >= 4 is 5.97 Å². The molecule has 14 heavy (non-hydrogen) atoms. The Morgan fingerprint density at radius 2 is 2.29 bits per heavy atom. The van der Waals surface area contributed by atoms with Crippen LogP contribution in [0.25, 0.3) is 0 Å². The Labute approximate surface area is 83.3 Å². The van der Waals surface area contributed by atoms with Gasteiger partial charge in [-0.25, -0.2) is 0 Å². The lowest BCUT2D eigenvalue weighted by Crippen LogP contribution is -2.05. The van der Waals surface area contributed by atoms with Crippen LogP contribution in [0, 0.1) is 0 Å². The lowest BCUT2D eigenvalue weighted by atomic mass is 10.1. The van der Waals surface area contributed by atoms with E-state index in [-0.39, 0.29) is 18.7 Å². The molecule has 1 rings (SSSR count). The van der Waals surface area contributed by atoms with E-state index in [9.17, 15) is 4.79 Å². The van der Waals surface area contributed by atoms with Crippen molar-refractivity contribution in [3.63, 3.8) is 0 Å². The fourth-order valence-electron chi connectivity index (χ4n) is 1.26. The molecule has 0 saturated heterocycles. The molecule has 1 unspecified atom stereocenters. The van der Waals surface area contributed by atoms with Crippen LogP contribution in [-0.2, 0) is 16.1 Å². The lowest BCUT2D eigenvalue weighted by Gasteiger charge is -2.12. The first-order valence-corrected chi connectivity index (χ1v) is 4.50. The highest BCUT2D eigenvalue weighted by Crippen LogP contribution is 2.17. The summed E-state index contributed by atoms with van der Waals surface area (Å²) in [7, 11) is 0. The van der Waals surface area contributed by atoms with Crippen LogP contribution in [0.1, 0.15) is 31.1 Å². The van der Waals surface area contributed by atoms with Crippen LogP contribution >= 0.6 is 0 Å². The van der Waals surface area contributed by atoms with E-state index in [0.717, 1.165) is 11.1 Å². The highest BCUT2D eigenvalue weighted by molar-refractivity contribution is 5.66. The second kappa shape index (κ2) is 4.77. The van der Waals surface area contributed by atoms with Gasteiger partial charge in [-0.05, 0) is 24.1 Å². The van der Waals surface area contributed by atoms with Gasteiger partial charge < -0.3 is 9.84 Å². The minimum absolute atomic E-state index is 0.000626. The molecule has 0 aliphatic rings. The molecule has 3 nitrogen and oxygen atoms in total. The third-order valence-corrected chi connectivity index (χ3v) is 1.95. The van der Waals surface area contributed by atoms with Crippen LogP contribution in [-0.4, -0.2) is 11.1 Å². The molecule has 3 heteroatoms. The Hall–Kier alpha value is -1.35. The Bertz CT molecular complexity index is 320. The van der Waals surface area contributed by atoms with Crippen molar-refractivity contribution < 1.29 is 14.6 Å². The molecule has 0 bridgehead atoms. The molecule has 0 amide bonds. The second-order valence-corrected chi connectivity index (χ2v) is 3.15. The number of ether oxygens (including phenoxy) is 1. The SMILES string of the molecule is CC(=O)OC(C)c1cccc(CO)c1. The monoisotopic (exact) mass is 194 g/mol. The fourth-order valence-corrected chi connectivity index (χ4v) is 1.26. The number of carbonyl (C=O) groups is 1. The van der Waals surface area contributed by atoms with Crippen LogP contribution in [0.3, 0.4) is 0 Å². The summed E-state index contributed by atoms with van der Waals surface area (Å²) < 4.78 is 5.02. The van der Waals surface area contributed by atoms with Gasteiger partial charge in [0.1, 0.15) is 6.10 Å².